The quantitative estimate of drug-likeness (QED) is 0.815. The van der Waals surface area contributed by atoms with Gasteiger partial charge in [-0.2, -0.15) is 0 Å². The molecule has 2 aromatic carbocycles. The molecule has 0 atom stereocenters. The lowest BCUT2D eigenvalue weighted by atomic mass is 10.1. The Kier molecular flexibility index (Phi) is 5.33. The maximum absolute atomic E-state index is 12.1. The Labute approximate surface area is 147 Å². The molecule has 130 valence electrons. The molecule has 1 aliphatic carbocycles. The van der Waals surface area contributed by atoms with Crippen LogP contribution in [-0.4, -0.2) is 25.0 Å². The van der Waals surface area contributed by atoms with Crippen LogP contribution in [0.5, 0.6) is 5.75 Å². The molecule has 0 aliphatic heterocycles. The van der Waals surface area contributed by atoms with Crippen molar-refractivity contribution in [3.05, 3.63) is 59.7 Å². The molecule has 1 saturated carbocycles. The molecule has 0 saturated heterocycles. The first-order valence-corrected chi connectivity index (χ1v) is 8.48. The number of carbonyl (C=O) groups is 2. The largest absolute Gasteiger partial charge is 0.497 e. The number of carbonyl (C=O) groups excluding carboxylic acids is 2. The summed E-state index contributed by atoms with van der Waals surface area (Å²) in [6, 6.07) is 15.0. The van der Waals surface area contributed by atoms with Crippen molar-refractivity contribution in [3.8, 4) is 5.75 Å². The topological polar surface area (TPSA) is 67.4 Å². The van der Waals surface area contributed by atoms with Crippen LogP contribution in [0.2, 0.25) is 0 Å². The summed E-state index contributed by atoms with van der Waals surface area (Å²) in [6.07, 6.45) is 3.13. The highest BCUT2D eigenvalue weighted by atomic mass is 16.5. The molecule has 0 unspecified atom stereocenters. The Morgan fingerprint density at radius 3 is 2.56 bits per heavy atom. The van der Waals surface area contributed by atoms with E-state index in [-0.39, 0.29) is 11.8 Å². The van der Waals surface area contributed by atoms with Gasteiger partial charge in [0, 0.05) is 23.7 Å². The standard InChI is InChI=1S/C20H22N2O3/c1-25-18-10-5-14(6-11-18)7-12-19(23)21-17-4-2-3-15(13-17)20(24)22-16-8-9-16/h2-6,10-11,13,16H,7-9,12H2,1H3,(H,21,23)(H,22,24). The van der Waals surface area contributed by atoms with Gasteiger partial charge in [0.15, 0.2) is 0 Å². The lowest BCUT2D eigenvalue weighted by molar-refractivity contribution is -0.116. The maximum atomic E-state index is 12.1. The fourth-order valence-corrected chi connectivity index (χ4v) is 2.51. The second kappa shape index (κ2) is 7.83. The van der Waals surface area contributed by atoms with Gasteiger partial charge in [-0.15, -0.1) is 0 Å². The van der Waals surface area contributed by atoms with Crippen molar-refractivity contribution < 1.29 is 14.3 Å². The Morgan fingerprint density at radius 1 is 1.12 bits per heavy atom. The van der Waals surface area contributed by atoms with Crippen LogP contribution >= 0.6 is 0 Å². The average Bonchev–Trinajstić information content (AvgIpc) is 3.44. The van der Waals surface area contributed by atoms with Crippen LogP contribution in [0.15, 0.2) is 48.5 Å². The molecule has 0 spiro atoms. The molecule has 2 amide bonds. The Morgan fingerprint density at radius 2 is 1.88 bits per heavy atom. The number of amides is 2. The van der Waals surface area contributed by atoms with Crippen LogP contribution < -0.4 is 15.4 Å². The lowest BCUT2D eigenvalue weighted by Gasteiger charge is -2.08. The van der Waals surface area contributed by atoms with Gasteiger partial charge in [0.2, 0.25) is 5.91 Å². The number of nitrogens with one attached hydrogen (secondary N) is 2. The summed E-state index contributed by atoms with van der Waals surface area (Å²) in [6.45, 7) is 0. The van der Waals surface area contributed by atoms with Crippen molar-refractivity contribution in [3.63, 3.8) is 0 Å². The van der Waals surface area contributed by atoms with Gasteiger partial charge in [0.05, 0.1) is 7.11 Å². The fraction of sp³-hybridized carbons (Fsp3) is 0.300. The van der Waals surface area contributed by atoms with Crippen LogP contribution in [0, 0.1) is 0 Å². The lowest BCUT2D eigenvalue weighted by Crippen LogP contribution is -2.25. The Balaban J connectivity index is 1.52. The zero-order chi connectivity index (χ0) is 17.6. The second-order valence-corrected chi connectivity index (χ2v) is 6.22. The minimum Gasteiger partial charge on any atom is -0.497 e. The van der Waals surface area contributed by atoms with E-state index in [2.05, 4.69) is 10.6 Å². The van der Waals surface area contributed by atoms with E-state index in [1.807, 2.05) is 24.3 Å². The van der Waals surface area contributed by atoms with E-state index in [1.54, 1.807) is 31.4 Å². The average molecular weight is 338 g/mol. The molecule has 0 radical (unpaired) electrons. The second-order valence-electron chi connectivity index (χ2n) is 6.22. The number of hydrogen-bond donors (Lipinski definition) is 2. The van der Waals surface area contributed by atoms with E-state index < -0.39 is 0 Å². The Bertz CT molecular complexity index is 752. The summed E-state index contributed by atoms with van der Waals surface area (Å²) in [4.78, 5) is 24.2. The monoisotopic (exact) mass is 338 g/mol. The SMILES string of the molecule is COc1ccc(CCC(=O)Nc2cccc(C(=O)NC3CC3)c2)cc1. The molecule has 0 aromatic heterocycles. The van der Waals surface area contributed by atoms with E-state index in [4.69, 9.17) is 4.74 Å². The van der Waals surface area contributed by atoms with Gasteiger partial charge in [-0.3, -0.25) is 9.59 Å². The molecule has 25 heavy (non-hydrogen) atoms. The molecule has 5 nitrogen and oxygen atoms in total. The van der Waals surface area contributed by atoms with E-state index in [0.29, 0.717) is 30.1 Å². The minimum absolute atomic E-state index is 0.0735. The Hall–Kier alpha value is -2.82. The number of ether oxygens (including phenoxy) is 1. The number of hydrogen-bond acceptors (Lipinski definition) is 3. The molecular formula is C20H22N2O3. The van der Waals surface area contributed by atoms with Crippen molar-refractivity contribution in [2.45, 2.75) is 31.7 Å². The molecular weight excluding hydrogens is 316 g/mol. The van der Waals surface area contributed by atoms with E-state index >= 15 is 0 Å². The first kappa shape index (κ1) is 17.0. The van der Waals surface area contributed by atoms with Crippen molar-refractivity contribution in [1.82, 2.24) is 5.32 Å². The van der Waals surface area contributed by atoms with Crippen LogP contribution in [0.4, 0.5) is 5.69 Å². The van der Waals surface area contributed by atoms with Gasteiger partial charge >= 0.3 is 0 Å². The fourth-order valence-electron chi connectivity index (χ4n) is 2.51. The molecule has 0 bridgehead atoms. The molecule has 5 heteroatoms. The molecule has 1 fully saturated rings. The van der Waals surface area contributed by atoms with Gasteiger partial charge < -0.3 is 15.4 Å². The van der Waals surface area contributed by atoms with Crippen LogP contribution in [-0.2, 0) is 11.2 Å². The zero-order valence-corrected chi connectivity index (χ0v) is 14.2. The number of methoxy groups -OCH3 is 1. The number of benzene rings is 2. The molecule has 2 N–H and O–H groups in total. The summed E-state index contributed by atoms with van der Waals surface area (Å²) in [7, 11) is 1.63. The van der Waals surface area contributed by atoms with E-state index in [1.165, 1.54) is 0 Å². The number of aryl methyl sites for hydroxylation is 1. The van der Waals surface area contributed by atoms with Crippen molar-refractivity contribution in [1.29, 1.82) is 0 Å². The first-order chi connectivity index (χ1) is 12.1. The van der Waals surface area contributed by atoms with Gasteiger partial charge in [0.25, 0.3) is 5.91 Å². The predicted molar refractivity (Wildman–Crippen MR) is 96.9 cm³/mol. The van der Waals surface area contributed by atoms with Crippen LogP contribution in [0.25, 0.3) is 0 Å². The minimum atomic E-state index is -0.0863. The van der Waals surface area contributed by atoms with Crippen molar-refractivity contribution >= 4 is 17.5 Å². The van der Waals surface area contributed by atoms with Gasteiger partial charge in [-0.1, -0.05) is 18.2 Å². The smallest absolute Gasteiger partial charge is 0.251 e. The summed E-state index contributed by atoms with van der Waals surface area (Å²) in [5, 5.41) is 5.80. The third-order valence-electron chi connectivity index (χ3n) is 4.12. The molecule has 3 rings (SSSR count). The highest BCUT2D eigenvalue weighted by molar-refractivity contribution is 5.97. The normalized spacial score (nSPS) is 13.2. The molecule has 1 aliphatic rings. The van der Waals surface area contributed by atoms with E-state index in [9.17, 15) is 9.59 Å². The zero-order valence-electron chi connectivity index (χ0n) is 14.2. The van der Waals surface area contributed by atoms with Crippen molar-refractivity contribution in [2.24, 2.45) is 0 Å². The summed E-state index contributed by atoms with van der Waals surface area (Å²) in [5.41, 5.74) is 2.29. The predicted octanol–water partition coefficient (Wildman–Crippen LogP) is 3.16. The summed E-state index contributed by atoms with van der Waals surface area (Å²) in [5.74, 6) is 0.641. The third-order valence-corrected chi connectivity index (χ3v) is 4.12. The third kappa shape index (κ3) is 5.08. The maximum Gasteiger partial charge on any atom is 0.251 e. The number of rotatable bonds is 7. The van der Waals surface area contributed by atoms with Crippen LogP contribution in [0.3, 0.4) is 0 Å². The van der Waals surface area contributed by atoms with Crippen molar-refractivity contribution in [2.75, 3.05) is 12.4 Å². The highest BCUT2D eigenvalue weighted by Gasteiger charge is 2.23. The van der Waals surface area contributed by atoms with Gasteiger partial charge in [-0.25, -0.2) is 0 Å². The molecule has 2 aromatic rings. The highest BCUT2D eigenvalue weighted by Crippen LogP contribution is 2.20. The van der Waals surface area contributed by atoms with Crippen LogP contribution in [0.1, 0.15) is 35.2 Å². The van der Waals surface area contributed by atoms with Gasteiger partial charge in [-0.05, 0) is 55.2 Å². The summed E-state index contributed by atoms with van der Waals surface area (Å²) < 4.78 is 5.12. The molecule has 0 heterocycles. The first-order valence-electron chi connectivity index (χ1n) is 8.48. The number of anilines is 1. The summed E-state index contributed by atoms with van der Waals surface area (Å²) >= 11 is 0. The van der Waals surface area contributed by atoms with Gasteiger partial charge in [0.1, 0.15) is 5.75 Å². The van der Waals surface area contributed by atoms with E-state index in [0.717, 1.165) is 24.2 Å².